The number of amides is 2. The molecule has 1 aromatic carbocycles. The van der Waals surface area contributed by atoms with E-state index in [0.717, 1.165) is 10.0 Å². The van der Waals surface area contributed by atoms with Crippen LogP contribution in [0.15, 0.2) is 47.0 Å². The summed E-state index contributed by atoms with van der Waals surface area (Å²) >= 11 is 3.47. The number of hydrogen-bond acceptors (Lipinski definition) is 1. The predicted octanol–water partition coefficient (Wildman–Crippen LogP) is 4.05. The van der Waals surface area contributed by atoms with Gasteiger partial charge in [0, 0.05) is 15.6 Å². The highest BCUT2D eigenvalue weighted by Gasteiger charge is 2.38. The van der Waals surface area contributed by atoms with Crippen LogP contribution in [0.2, 0.25) is 0 Å². The molecule has 20 heavy (non-hydrogen) atoms. The highest BCUT2D eigenvalue weighted by atomic mass is 79.9. The van der Waals surface area contributed by atoms with E-state index < -0.39 is 17.6 Å². The second kappa shape index (κ2) is 5.79. The number of nitrogens with two attached hydrogens (primary N) is 1. The Kier molecular flexibility index (Phi) is 4.28. The van der Waals surface area contributed by atoms with E-state index in [4.69, 9.17) is 5.73 Å². The summed E-state index contributed by atoms with van der Waals surface area (Å²) in [4.78, 5) is 11.0. The summed E-state index contributed by atoms with van der Waals surface area (Å²) in [5, 5.41) is 2.52. The third-order valence-corrected chi connectivity index (χ3v) is 4.29. The van der Waals surface area contributed by atoms with Crippen LogP contribution < -0.4 is 11.1 Å². The average Bonchev–Trinajstić information content (AvgIpc) is 2.41. The van der Waals surface area contributed by atoms with Crippen LogP contribution in [0.3, 0.4) is 0 Å². The second-order valence-corrected chi connectivity index (χ2v) is 5.58. The zero-order chi connectivity index (χ0) is 14.8. The van der Waals surface area contributed by atoms with Gasteiger partial charge in [-0.15, -0.1) is 0 Å². The van der Waals surface area contributed by atoms with E-state index in [1.165, 1.54) is 0 Å². The molecule has 106 valence electrons. The molecule has 0 bridgehead atoms. The summed E-state index contributed by atoms with van der Waals surface area (Å²) in [6, 6.07) is 4.63. The van der Waals surface area contributed by atoms with Crippen molar-refractivity contribution in [1.82, 2.24) is 0 Å². The van der Waals surface area contributed by atoms with Crippen LogP contribution in [0.25, 0.3) is 0 Å². The second-order valence-electron chi connectivity index (χ2n) is 4.72. The van der Waals surface area contributed by atoms with Crippen LogP contribution in [-0.4, -0.2) is 12.2 Å². The Bertz CT molecular complexity index is 585. The van der Waals surface area contributed by atoms with Crippen LogP contribution >= 0.6 is 15.9 Å². The monoisotopic (exact) mass is 338 g/mol. The third-order valence-electron chi connectivity index (χ3n) is 3.60. The zero-order valence-electron chi connectivity index (χ0n) is 11.1. The van der Waals surface area contributed by atoms with Gasteiger partial charge in [0.2, 0.25) is 0 Å². The van der Waals surface area contributed by atoms with Gasteiger partial charge in [-0.05, 0) is 36.3 Å². The van der Waals surface area contributed by atoms with Crippen molar-refractivity contribution in [3.8, 4) is 0 Å². The summed E-state index contributed by atoms with van der Waals surface area (Å²) in [6.45, 7) is 1.94. The zero-order valence-corrected chi connectivity index (χ0v) is 12.7. The number of carbonyl (C=O) groups excluding carboxylic acids is 1. The molecule has 0 fully saturated rings. The first-order valence-corrected chi connectivity index (χ1v) is 7.15. The number of anilines is 1. The molecule has 0 spiro atoms. The Balaban J connectivity index is 2.51. The van der Waals surface area contributed by atoms with Crippen molar-refractivity contribution >= 4 is 27.6 Å². The first-order chi connectivity index (χ1) is 9.49. The van der Waals surface area contributed by atoms with E-state index in [1.54, 1.807) is 30.4 Å². The fraction of sp³-hybridized carbons (Fsp3) is 0.267. The Morgan fingerprint density at radius 3 is 2.85 bits per heavy atom. The number of benzene rings is 1. The Labute approximate surface area is 125 Å². The van der Waals surface area contributed by atoms with Crippen LogP contribution in [0, 0.1) is 0 Å². The molecule has 3 nitrogen and oxygen atoms in total. The smallest absolute Gasteiger partial charge is 0.316 e. The molecular weight excluding hydrogens is 323 g/mol. The van der Waals surface area contributed by atoms with Gasteiger partial charge in [-0.3, -0.25) is 0 Å². The molecule has 5 heteroatoms. The van der Waals surface area contributed by atoms with Crippen molar-refractivity contribution in [3.05, 3.63) is 52.5 Å². The van der Waals surface area contributed by atoms with E-state index in [2.05, 4.69) is 21.2 Å². The molecule has 1 aliphatic carbocycles. The lowest BCUT2D eigenvalue weighted by molar-refractivity contribution is 0.259. The maximum absolute atomic E-state index is 14.5. The predicted molar refractivity (Wildman–Crippen MR) is 82.5 cm³/mol. The minimum absolute atomic E-state index is 0.554. The number of rotatable bonds is 3. The van der Waals surface area contributed by atoms with E-state index >= 15 is 0 Å². The van der Waals surface area contributed by atoms with Crippen molar-refractivity contribution in [2.24, 2.45) is 5.73 Å². The van der Waals surface area contributed by atoms with Gasteiger partial charge in [0.15, 0.2) is 0 Å². The molecule has 2 rings (SSSR count). The van der Waals surface area contributed by atoms with E-state index in [1.807, 2.05) is 19.1 Å². The Morgan fingerprint density at radius 1 is 1.50 bits per heavy atom. The van der Waals surface area contributed by atoms with Gasteiger partial charge in [-0.25, -0.2) is 9.18 Å². The summed E-state index contributed by atoms with van der Waals surface area (Å²) in [5.74, 6) is 0. The van der Waals surface area contributed by atoms with Crippen LogP contribution in [0.1, 0.15) is 18.9 Å². The van der Waals surface area contributed by atoms with Gasteiger partial charge in [-0.1, -0.05) is 41.1 Å². The van der Waals surface area contributed by atoms with Gasteiger partial charge < -0.3 is 11.1 Å². The molecule has 0 aromatic heterocycles. The summed E-state index contributed by atoms with van der Waals surface area (Å²) in [6.07, 6.45) is 6.46. The van der Waals surface area contributed by atoms with Gasteiger partial charge >= 0.3 is 6.03 Å². The SMILES string of the molecule is CCC1(c2cc(NC(N)=O)ccc2Br)C=CC=CC1F. The number of halogens is 2. The molecular formula is C15H16BrFN2O. The van der Waals surface area contributed by atoms with Crippen LogP contribution in [0.4, 0.5) is 14.9 Å². The van der Waals surface area contributed by atoms with Crippen LogP contribution in [0.5, 0.6) is 0 Å². The lowest BCUT2D eigenvalue weighted by Gasteiger charge is -2.35. The Hall–Kier alpha value is -1.62. The number of urea groups is 1. The standard InChI is InChI=1S/C15H16BrFN2O/c1-2-15(8-4-3-5-13(15)17)11-9-10(19-14(18)20)6-7-12(11)16/h3-9,13H,2H2,1H3,(H3,18,19,20). The number of hydrogen-bond donors (Lipinski definition) is 2. The fourth-order valence-electron chi connectivity index (χ4n) is 2.50. The molecule has 0 saturated heterocycles. The van der Waals surface area contributed by atoms with E-state index in [-0.39, 0.29) is 0 Å². The number of alkyl halides is 1. The topological polar surface area (TPSA) is 55.1 Å². The highest BCUT2D eigenvalue weighted by molar-refractivity contribution is 9.10. The summed E-state index contributed by atoms with van der Waals surface area (Å²) in [7, 11) is 0. The van der Waals surface area contributed by atoms with Crippen molar-refractivity contribution in [2.45, 2.75) is 24.9 Å². The molecule has 0 saturated carbocycles. The number of carbonyl (C=O) groups is 1. The van der Waals surface area contributed by atoms with Gasteiger partial charge in [0.05, 0.1) is 0 Å². The molecule has 2 atom stereocenters. The molecule has 0 radical (unpaired) electrons. The average molecular weight is 339 g/mol. The van der Waals surface area contributed by atoms with Gasteiger partial charge in [0.1, 0.15) is 6.17 Å². The van der Waals surface area contributed by atoms with Crippen molar-refractivity contribution < 1.29 is 9.18 Å². The quantitative estimate of drug-likeness (QED) is 0.858. The van der Waals surface area contributed by atoms with Gasteiger partial charge in [-0.2, -0.15) is 0 Å². The maximum atomic E-state index is 14.5. The summed E-state index contributed by atoms with van der Waals surface area (Å²) < 4.78 is 15.3. The number of allylic oxidation sites excluding steroid dienone is 4. The molecule has 2 unspecified atom stereocenters. The molecule has 2 amide bonds. The molecule has 0 aliphatic heterocycles. The highest BCUT2D eigenvalue weighted by Crippen LogP contribution is 2.42. The number of primary amides is 1. The largest absolute Gasteiger partial charge is 0.351 e. The minimum atomic E-state index is -1.11. The lowest BCUT2D eigenvalue weighted by atomic mass is 9.72. The first-order valence-electron chi connectivity index (χ1n) is 6.36. The Morgan fingerprint density at radius 2 is 2.25 bits per heavy atom. The fourth-order valence-corrected chi connectivity index (χ4v) is 3.11. The van der Waals surface area contributed by atoms with E-state index in [9.17, 15) is 9.18 Å². The lowest BCUT2D eigenvalue weighted by Crippen LogP contribution is -2.35. The van der Waals surface area contributed by atoms with Crippen molar-refractivity contribution in [2.75, 3.05) is 5.32 Å². The maximum Gasteiger partial charge on any atom is 0.316 e. The normalized spacial score (nSPS) is 24.6. The minimum Gasteiger partial charge on any atom is -0.351 e. The molecule has 3 N–H and O–H groups in total. The molecule has 0 heterocycles. The molecule has 1 aliphatic rings. The number of nitrogens with one attached hydrogen (secondary N) is 1. The van der Waals surface area contributed by atoms with Crippen molar-refractivity contribution in [3.63, 3.8) is 0 Å². The first kappa shape index (κ1) is 14.8. The summed E-state index contributed by atoms with van der Waals surface area (Å²) in [5.41, 5.74) is 5.73. The van der Waals surface area contributed by atoms with Crippen molar-refractivity contribution in [1.29, 1.82) is 0 Å². The molecule has 1 aromatic rings. The van der Waals surface area contributed by atoms with Gasteiger partial charge in [0.25, 0.3) is 0 Å². The van der Waals surface area contributed by atoms with Crippen LogP contribution in [-0.2, 0) is 5.41 Å². The van der Waals surface area contributed by atoms with E-state index in [0.29, 0.717) is 12.1 Å². The third kappa shape index (κ3) is 2.63.